The molecule has 6 heteroatoms. The van der Waals surface area contributed by atoms with Crippen molar-refractivity contribution in [3.05, 3.63) is 58.8 Å². The summed E-state index contributed by atoms with van der Waals surface area (Å²) in [5, 5.41) is 5.44. The molecular formula is C21H24N2O4. The van der Waals surface area contributed by atoms with E-state index >= 15 is 0 Å². The average Bonchev–Trinajstić information content (AvgIpc) is 2.63. The van der Waals surface area contributed by atoms with Gasteiger partial charge in [-0.05, 0) is 54.8 Å². The Morgan fingerprint density at radius 2 is 1.67 bits per heavy atom. The first-order valence-corrected chi connectivity index (χ1v) is 8.44. The number of hydrogen-bond donors (Lipinski definition) is 2. The third-order valence-electron chi connectivity index (χ3n) is 3.92. The van der Waals surface area contributed by atoms with Gasteiger partial charge >= 0.3 is 0 Å². The zero-order valence-electron chi connectivity index (χ0n) is 16.2. The van der Waals surface area contributed by atoms with Crippen LogP contribution >= 0.6 is 0 Å². The summed E-state index contributed by atoms with van der Waals surface area (Å²) in [6.07, 6.45) is 1.59. The van der Waals surface area contributed by atoms with Crippen molar-refractivity contribution in [1.82, 2.24) is 5.32 Å². The minimum absolute atomic E-state index is 0.135. The first kappa shape index (κ1) is 20.0. The molecule has 0 atom stereocenters. The van der Waals surface area contributed by atoms with Crippen LogP contribution in [0.2, 0.25) is 0 Å². The van der Waals surface area contributed by atoms with Gasteiger partial charge in [-0.3, -0.25) is 9.59 Å². The van der Waals surface area contributed by atoms with Gasteiger partial charge in [-0.25, -0.2) is 0 Å². The quantitative estimate of drug-likeness (QED) is 0.766. The molecule has 0 radical (unpaired) electrons. The van der Waals surface area contributed by atoms with Gasteiger partial charge in [0, 0.05) is 12.6 Å². The molecule has 0 bridgehead atoms. The van der Waals surface area contributed by atoms with Crippen LogP contribution in [0.4, 0.5) is 5.69 Å². The molecule has 142 valence electrons. The highest BCUT2D eigenvalue weighted by Gasteiger charge is 2.14. The highest BCUT2D eigenvalue weighted by molar-refractivity contribution is 6.08. The SMILES string of the molecule is COc1ccc(C=C(NC(C)=O)C(=O)Nc2cc(C)ccc2C)cc1OC. The van der Waals surface area contributed by atoms with Crippen molar-refractivity contribution >= 4 is 23.6 Å². The molecule has 0 unspecified atom stereocenters. The van der Waals surface area contributed by atoms with Gasteiger partial charge in [0.05, 0.1) is 14.2 Å². The van der Waals surface area contributed by atoms with Gasteiger partial charge in [-0.15, -0.1) is 0 Å². The third kappa shape index (κ3) is 5.34. The topological polar surface area (TPSA) is 76.7 Å². The van der Waals surface area contributed by atoms with Crippen LogP contribution in [0.3, 0.4) is 0 Å². The number of hydrogen-bond acceptors (Lipinski definition) is 4. The number of carbonyl (C=O) groups is 2. The number of ether oxygens (including phenoxy) is 2. The van der Waals surface area contributed by atoms with Crippen LogP contribution in [0, 0.1) is 13.8 Å². The molecule has 0 aromatic heterocycles. The zero-order valence-corrected chi connectivity index (χ0v) is 16.2. The Kier molecular flexibility index (Phi) is 6.60. The smallest absolute Gasteiger partial charge is 0.272 e. The molecule has 0 heterocycles. The number of rotatable bonds is 6. The molecule has 2 aromatic rings. The maximum atomic E-state index is 12.7. The first-order valence-electron chi connectivity index (χ1n) is 8.44. The Labute approximate surface area is 159 Å². The molecule has 6 nitrogen and oxygen atoms in total. The number of anilines is 1. The summed E-state index contributed by atoms with van der Waals surface area (Å²) in [6.45, 7) is 5.21. The summed E-state index contributed by atoms with van der Waals surface area (Å²) < 4.78 is 10.5. The maximum absolute atomic E-state index is 12.7. The third-order valence-corrected chi connectivity index (χ3v) is 3.92. The van der Waals surface area contributed by atoms with E-state index in [1.165, 1.54) is 14.0 Å². The van der Waals surface area contributed by atoms with E-state index in [0.717, 1.165) is 11.1 Å². The van der Waals surface area contributed by atoms with Crippen molar-refractivity contribution in [2.75, 3.05) is 19.5 Å². The van der Waals surface area contributed by atoms with Crippen molar-refractivity contribution in [3.8, 4) is 11.5 Å². The Morgan fingerprint density at radius 3 is 2.30 bits per heavy atom. The minimum Gasteiger partial charge on any atom is -0.493 e. The lowest BCUT2D eigenvalue weighted by Crippen LogP contribution is -2.29. The number of carbonyl (C=O) groups excluding carboxylic acids is 2. The molecule has 2 N–H and O–H groups in total. The number of methoxy groups -OCH3 is 2. The molecule has 0 aliphatic carbocycles. The Bertz CT molecular complexity index is 888. The van der Waals surface area contributed by atoms with Gasteiger partial charge in [0.15, 0.2) is 11.5 Å². The molecule has 2 rings (SSSR count). The molecule has 2 aromatic carbocycles. The lowest BCUT2D eigenvalue weighted by Gasteiger charge is -2.13. The second kappa shape index (κ2) is 8.89. The molecule has 0 fully saturated rings. The van der Waals surface area contributed by atoms with Gasteiger partial charge in [0.2, 0.25) is 5.91 Å². The number of nitrogens with one attached hydrogen (secondary N) is 2. The largest absolute Gasteiger partial charge is 0.493 e. The summed E-state index contributed by atoms with van der Waals surface area (Å²) in [6, 6.07) is 11.0. The molecule has 0 aliphatic rings. The van der Waals surface area contributed by atoms with Crippen molar-refractivity contribution in [2.45, 2.75) is 20.8 Å². The molecule has 0 aliphatic heterocycles. The molecular weight excluding hydrogens is 344 g/mol. The van der Waals surface area contributed by atoms with Gasteiger partial charge in [-0.1, -0.05) is 18.2 Å². The fourth-order valence-corrected chi connectivity index (χ4v) is 2.52. The minimum atomic E-state index is -0.409. The summed E-state index contributed by atoms with van der Waals surface area (Å²) in [5.74, 6) is 0.366. The van der Waals surface area contributed by atoms with Crippen LogP contribution in [0.25, 0.3) is 6.08 Å². The van der Waals surface area contributed by atoms with E-state index in [9.17, 15) is 9.59 Å². The standard InChI is InChI=1S/C21H24N2O4/c1-13-6-7-14(2)17(10-13)23-21(25)18(22-15(3)24)11-16-8-9-19(26-4)20(12-16)27-5/h6-12H,1-5H3,(H,22,24)(H,23,25). The van der Waals surface area contributed by atoms with Crippen LogP contribution in [0.1, 0.15) is 23.6 Å². The van der Waals surface area contributed by atoms with Crippen LogP contribution in [-0.4, -0.2) is 26.0 Å². The second-order valence-corrected chi connectivity index (χ2v) is 6.13. The van der Waals surface area contributed by atoms with E-state index in [2.05, 4.69) is 10.6 Å². The van der Waals surface area contributed by atoms with Gasteiger partial charge in [-0.2, -0.15) is 0 Å². The van der Waals surface area contributed by atoms with Crippen LogP contribution in [-0.2, 0) is 9.59 Å². The van der Waals surface area contributed by atoms with Crippen LogP contribution in [0.5, 0.6) is 11.5 Å². The summed E-state index contributed by atoms with van der Waals surface area (Å²) >= 11 is 0. The summed E-state index contributed by atoms with van der Waals surface area (Å²) in [5.41, 5.74) is 3.48. The highest BCUT2D eigenvalue weighted by Crippen LogP contribution is 2.28. The zero-order chi connectivity index (χ0) is 20.0. The highest BCUT2D eigenvalue weighted by atomic mass is 16.5. The molecule has 0 saturated heterocycles. The molecule has 0 saturated carbocycles. The lowest BCUT2D eigenvalue weighted by atomic mass is 10.1. The Morgan fingerprint density at radius 1 is 0.963 bits per heavy atom. The van der Waals surface area contributed by atoms with Crippen LogP contribution in [0.15, 0.2) is 42.1 Å². The monoisotopic (exact) mass is 368 g/mol. The van der Waals surface area contributed by atoms with E-state index in [-0.39, 0.29) is 11.6 Å². The van der Waals surface area contributed by atoms with Crippen LogP contribution < -0.4 is 20.1 Å². The van der Waals surface area contributed by atoms with Crippen molar-refractivity contribution in [2.24, 2.45) is 0 Å². The molecule has 27 heavy (non-hydrogen) atoms. The number of amides is 2. The predicted molar refractivity (Wildman–Crippen MR) is 106 cm³/mol. The second-order valence-electron chi connectivity index (χ2n) is 6.13. The number of aryl methyl sites for hydroxylation is 2. The van der Waals surface area contributed by atoms with Gasteiger partial charge in [0.1, 0.15) is 5.70 Å². The van der Waals surface area contributed by atoms with E-state index in [1.54, 1.807) is 31.4 Å². The van der Waals surface area contributed by atoms with E-state index in [1.807, 2.05) is 32.0 Å². The fourth-order valence-electron chi connectivity index (χ4n) is 2.52. The normalized spacial score (nSPS) is 10.9. The molecule has 2 amide bonds. The van der Waals surface area contributed by atoms with Crippen molar-refractivity contribution in [1.29, 1.82) is 0 Å². The fraction of sp³-hybridized carbons (Fsp3) is 0.238. The molecule has 0 spiro atoms. The van der Waals surface area contributed by atoms with E-state index < -0.39 is 5.91 Å². The Balaban J connectivity index is 2.36. The van der Waals surface area contributed by atoms with Crippen molar-refractivity contribution in [3.63, 3.8) is 0 Å². The lowest BCUT2D eigenvalue weighted by molar-refractivity contribution is -0.120. The number of benzene rings is 2. The van der Waals surface area contributed by atoms with E-state index in [0.29, 0.717) is 22.7 Å². The van der Waals surface area contributed by atoms with Gasteiger partial charge in [0.25, 0.3) is 5.91 Å². The van der Waals surface area contributed by atoms with Gasteiger partial charge < -0.3 is 20.1 Å². The van der Waals surface area contributed by atoms with E-state index in [4.69, 9.17) is 9.47 Å². The van der Waals surface area contributed by atoms with Crippen molar-refractivity contribution < 1.29 is 19.1 Å². The predicted octanol–water partition coefficient (Wildman–Crippen LogP) is 3.44. The summed E-state index contributed by atoms with van der Waals surface area (Å²) in [7, 11) is 3.08. The average molecular weight is 368 g/mol. The first-order chi connectivity index (χ1) is 12.8. The summed E-state index contributed by atoms with van der Waals surface area (Å²) in [4.78, 5) is 24.3. The maximum Gasteiger partial charge on any atom is 0.272 e. The Hall–Kier alpha value is -3.28.